The first-order valence-corrected chi connectivity index (χ1v) is 11.0. The Morgan fingerprint density at radius 1 is 0.929 bits per heavy atom. The van der Waals surface area contributed by atoms with E-state index in [1.165, 1.54) is 0 Å². The van der Waals surface area contributed by atoms with E-state index in [0.717, 1.165) is 16.7 Å². The average Bonchev–Trinajstić information content (AvgIpc) is 3.00. The summed E-state index contributed by atoms with van der Waals surface area (Å²) in [7, 11) is -2.01. The zero-order valence-corrected chi connectivity index (χ0v) is 16.8. The number of benzene rings is 3. The third-order valence-electron chi connectivity index (χ3n) is 5.42. The molecule has 0 amide bonds. The van der Waals surface area contributed by atoms with E-state index in [-0.39, 0.29) is 6.04 Å². The first-order chi connectivity index (χ1) is 13.5. The molecule has 1 fully saturated rings. The number of nitrogens with zero attached hydrogens (tertiary/aromatic N) is 1. The lowest BCUT2D eigenvalue weighted by molar-refractivity contribution is 0.203. The van der Waals surface area contributed by atoms with Gasteiger partial charge in [0.05, 0.1) is 0 Å². The van der Waals surface area contributed by atoms with Gasteiger partial charge in [-0.3, -0.25) is 4.57 Å². The van der Waals surface area contributed by atoms with Crippen LogP contribution in [-0.2, 0) is 9.09 Å². The summed E-state index contributed by atoms with van der Waals surface area (Å²) in [5.41, 5.74) is 3.16. The fourth-order valence-corrected chi connectivity index (χ4v) is 6.02. The Morgan fingerprint density at radius 3 is 2.21 bits per heavy atom. The second-order valence-corrected chi connectivity index (χ2v) is 9.57. The number of rotatable bonds is 4. The maximum Gasteiger partial charge on any atom is 0.311 e. The van der Waals surface area contributed by atoms with E-state index in [1.54, 1.807) is 29.9 Å². The maximum atomic E-state index is 15.6. The molecule has 1 aliphatic heterocycles. The number of likely N-dealkylation sites (N-methyl/N-ethyl adjacent to an activating group) is 1. The van der Waals surface area contributed by atoms with E-state index in [0.29, 0.717) is 5.56 Å². The topological polar surface area (TPSA) is 29.5 Å². The first kappa shape index (κ1) is 19.1. The van der Waals surface area contributed by atoms with Crippen molar-refractivity contribution >= 4 is 7.52 Å². The van der Waals surface area contributed by atoms with Gasteiger partial charge in [-0.25, -0.2) is 9.06 Å². The molecule has 3 aromatic carbocycles. The molecule has 0 spiro atoms. The van der Waals surface area contributed by atoms with E-state index in [2.05, 4.69) is 0 Å². The molecule has 0 N–H and O–H groups in total. The minimum atomic E-state index is -3.70. The van der Waals surface area contributed by atoms with Gasteiger partial charge in [0.1, 0.15) is 6.10 Å². The van der Waals surface area contributed by atoms with Crippen LogP contribution < -0.4 is 0 Å². The normalized spacial score (nSPS) is 26.2. The van der Waals surface area contributed by atoms with Gasteiger partial charge in [-0.15, -0.1) is 0 Å². The maximum absolute atomic E-state index is 15.6. The van der Waals surface area contributed by atoms with Gasteiger partial charge in [-0.05, 0) is 42.3 Å². The van der Waals surface area contributed by atoms with Gasteiger partial charge in [0.15, 0.2) is 0 Å². The minimum Gasteiger partial charge on any atom is -0.305 e. The Balaban J connectivity index is 1.66. The van der Waals surface area contributed by atoms with Crippen molar-refractivity contribution in [2.75, 3.05) is 7.05 Å². The Hall–Kier alpha value is -2.26. The van der Waals surface area contributed by atoms with Crippen LogP contribution in [0.2, 0.25) is 0 Å². The van der Waals surface area contributed by atoms with Gasteiger partial charge in [-0.1, -0.05) is 78.9 Å². The standard InChI is InChI=1S/C23H23FNO2P/c1-17-22(19-12-7-4-8-13-19)27-28(26,25(17)2)23(24)21-15-9-14-20(16-21)18-10-5-3-6-11-18/h3-17,22-23H,1-2H3/t17-,22-,23+,28-/m0/s1. The van der Waals surface area contributed by atoms with Crippen LogP contribution in [0.5, 0.6) is 0 Å². The summed E-state index contributed by atoms with van der Waals surface area (Å²) in [5, 5.41) is 0. The summed E-state index contributed by atoms with van der Waals surface area (Å²) in [6.45, 7) is 1.92. The summed E-state index contributed by atoms with van der Waals surface area (Å²) in [6.07, 6.45) is -0.424. The average molecular weight is 395 g/mol. The Kier molecular flexibility index (Phi) is 5.20. The highest BCUT2D eigenvalue weighted by molar-refractivity contribution is 7.56. The molecule has 1 aliphatic rings. The summed E-state index contributed by atoms with van der Waals surface area (Å²) in [4.78, 5) is 0. The van der Waals surface area contributed by atoms with E-state index in [1.807, 2.05) is 73.7 Å². The number of alkyl halides is 1. The van der Waals surface area contributed by atoms with E-state index >= 15 is 4.39 Å². The first-order valence-electron chi connectivity index (χ1n) is 9.36. The van der Waals surface area contributed by atoms with E-state index in [4.69, 9.17) is 4.52 Å². The Morgan fingerprint density at radius 2 is 1.54 bits per heavy atom. The highest BCUT2D eigenvalue weighted by atomic mass is 31.2. The van der Waals surface area contributed by atoms with Crippen molar-refractivity contribution in [1.29, 1.82) is 0 Å². The molecular weight excluding hydrogens is 372 g/mol. The van der Waals surface area contributed by atoms with Crippen LogP contribution in [0.15, 0.2) is 84.9 Å². The van der Waals surface area contributed by atoms with Crippen LogP contribution in [0.1, 0.15) is 30.1 Å². The SMILES string of the molecule is C[C@H]1[C@@H](c2ccccc2)O[P@@](=O)([C@@H](F)c2cccc(-c3ccccc3)c2)N1C. The van der Waals surface area contributed by atoms with Crippen LogP contribution in [-0.4, -0.2) is 17.8 Å². The fourth-order valence-electron chi connectivity index (χ4n) is 3.66. The van der Waals surface area contributed by atoms with E-state index in [9.17, 15) is 4.57 Å². The third kappa shape index (κ3) is 3.33. The Labute approximate surface area is 165 Å². The number of hydrogen-bond acceptors (Lipinski definition) is 2. The van der Waals surface area contributed by atoms with Crippen LogP contribution in [0.4, 0.5) is 4.39 Å². The molecule has 3 nitrogen and oxygen atoms in total. The number of halogens is 1. The number of hydrogen-bond donors (Lipinski definition) is 0. The summed E-state index contributed by atoms with van der Waals surface area (Å²) in [5.74, 6) is -1.71. The molecule has 1 heterocycles. The zero-order valence-electron chi connectivity index (χ0n) is 15.9. The summed E-state index contributed by atoms with van der Waals surface area (Å²) < 4.78 is 36.7. The lowest BCUT2D eigenvalue weighted by Crippen LogP contribution is -2.24. The van der Waals surface area contributed by atoms with Crippen molar-refractivity contribution in [3.05, 3.63) is 96.1 Å². The van der Waals surface area contributed by atoms with Gasteiger partial charge < -0.3 is 4.52 Å². The van der Waals surface area contributed by atoms with Crippen molar-refractivity contribution in [2.45, 2.75) is 25.0 Å². The van der Waals surface area contributed by atoms with Crippen molar-refractivity contribution < 1.29 is 13.5 Å². The van der Waals surface area contributed by atoms with Crippen LogP contribution in [0, 0.1) is 0 Å². The van der Waals surface area contributed by atoms with Crippen molar-refractivity contribution in [2.24, 2.45) is 0 Å². The van der Waals surface area contributed by atoms with E-state index < -0.39 is 19.5 Å². The molecule has 0 bridgehead atoms. The predicted octanol–water partition coefficient (Wildman–Crippen LogP) is 6.61. The molecule has 144 valence electrons. The van der Waals surface area contributed by atoms with Crippen molar-refractivity contribution in [3.8, 4) is 11.1 Å². The molecule has 5 heteroatoms. The summed E-state index contributed by atoms with van der Waals surface area (Å²) >= 11 is 0. The summed E-state index contributed by atoms with van der Waals surface area (Å²) in [6, 6.07) is 26.3. The molecule has 0 radical (unpaired) electrons. The fraction of sp³-hybridized carbons (Fsp3) is 0.217. The van der Waals surface area contributed by atoms with Crippen LogP contribution >= 0.6 is 7.52 Å². The van der Waals surface area contributed by atoms with Crippen LogP contribution in [0.3, 0.4) is 0 Å². The monoisotopic (exact) mass is 395 g/mol. The predicted molar refractivity (Wildman–Crippen MR) is 111 cm³/mol. The molecule has 0 saturated carbocycles. The molecule has 0 aromatic heterocycles. The highest BCUT2D eigenvalue weighted by Gasteiger charge is 2.52. The Bertz CT molecular complexity index is 996. The molecule has 1 saturated heterocycles. The third-order valence-corrected chi connectivity index (χ3v) is 8.06. The van der Waals surface area contributed by atoms with Gasteiger partial charge in [0.25, 0.3) is 0 Å². The lowest BCUT2D eigenvalue weighted by Gasteiger charge is -2.24. The molecule has 4 atom stereocenters. The smallest absolute Gasteiger partial charge is 0.305 e. The largest absolute Gasteiger partial charge is 0.311 e. The highest BCUT2D eigenvalue weighted by Crippen LogP contribution is 2.70. The molecule has 0 aliphatic carbocycles. The van der Waals surface area contributed by atoms with Crippen molar-refractivity contribution in [1.82, 2.24) is 4.67 Å². The molecule has 3 aromatic rings. The second kappa shape index (κ2) is 7.63. The van der Waals surface area contributed by atoms with Crippen molar-refractivity contribution in [3.63, 3.8) is 0 Å². The minimum absolute atomic E-state index is 0.191. The second-order valence-electron chi connectivity index (χ2n) is 7.14. The van der Waals surface area contributed by atoms with Crippen LogP contribution in [0.25, 0.3) is 11.1 Å². The quantitative estimate of drug-likeness (QED) is 0.466. The molecule has 0 unspecified atom stereocenters. The molecular formula is C23H23FNO2P. The lowest BCUT2D eigenvalue weighted by atomic mass is 10.0. The van der Waals surface area contributed by atoms with Gasteiger partial charge >= 0.3 is 7.52 Å². The van der Waals surface area contributed by atoms with Gasteiger partial charge in [0.2, 0.25) is 5.91 Å². The molecule has 4 rings (SSSR count). The molecule has 28 heavy (non-hydrogen) atoms. The van der Waals surface area contributed by atoms with Gasteiger partial charge in [0, 0.05) is 6.04 Å². The zero-order chi connectivity index (χ0) is 19.7. The van der Waals surface area contributed by atoms with Gasteiger partial charge in [-0.2, -0.15) is 0 Å².